The molecule has 2 aromatic carbocycles. The molecular weight excluding hydrogens is 547 g/mol. The molecule has 2 atom stereocenters. The Morgan fingerprint density at radius 3 is 2.26 bits per heavy atom. The maximum absolute atomic E-state index is 13.3. The standard InChI is InChI=1S/C30H40F3N7O2/c1-40(17-14-34,18-15-35)16-4-6-25(36)28(41)39-27(13-10-21-8-11-23(12-9-21)30(31,32)33)29(42)38-24-19-22-5-2-3-7-26(22)37-20-24/h2-3,5,7-9,11-12,19-20,25,27H,4,6,10,13-18,34-36H2,1H3,(H-,38,39,41,42)/p+1/t25-,27+/m0/s1. The molecule has 0 saturated heterocycles. The van der Waals surface area contributed by atoms with Crippen LogP contribution in [0.5, 0.6) is 0 Å². The van der Waals surface area contributed by atoms with Gasteiger partial charge in [-0.05, 0) is 55.5 Å². The van der Waals surface area contributed by atoms with Crippen LogP contribution < -0.4 is 27.8 Å². The van der Waals surface area contributed by atoms with Gasteiger partial charge in [-0.15, -0.1) is 0 Å². The van der Waals surface area contributed by atoms with Crippen molar-refractivity contribution in [2.75, 3.05) is 45.1 Å². The highest BCUT2D eigenvalue weighted by molar-refractivity contribution is 5.98. The summed E-state index contributed by atoms with van der Waals surface area (Å²) in [5.74, 6) is -0.958. The number of carbonyl (C=O) groups is 2. The number of pyridine rings is 1. The van der Waals surface area contributed by atoms with E-state index < -0.39 is 35.6 Å². The quantitative estimate of drug-likeness (QED) is 0.172. The smallest absolute Gasteiger partial charge is 0.343 e. The first-order valence-corrected chi connectivity index (χ1v) is 14.1. The van der Waals surface area contributed by atoms with Gasteiger partial charge < -0.3 is 32.3 Å². The number of carbonyl (C=O) groups excluding carboxylic acids is 2. The van der Waals surface area contributed by atoms with Crippen LogP contribution in [0, 0.1) is 0 Å². The monoisotopic (exact) mass is 588 g/mol. The lowest BCUT2D eigenvalue weighted by molar-refractivity contribution is -0.907. The fourth-order valence-corrected chi connectivity index (χ4v) is 4.87. The van der Waals surface area contributed by atoms with Gasteiger partial charge in [0.15, 0.2) is 0 Å². The van der Waals surface area contributed by atoms with Gasteiger partial charge >= 0.3 is 6.18 Å². The highest BCUT2D eigenvalue weighted by Crippen LogP contribution is 2.29. The first-order valence-electron chi connectivity index (χ1n) is 14.1. The fraction of sp³-hybridized carbons (Fsp3) is 0.433. The molecule has 0 spiro atoms. The summed E-state index contributed by atoms with van der Waals surface area (Å²) < 4.78 is 39.6. The predicted molar refractivity (Wildman–Crippen MR) is 158 cm³/mol. The average molecular weight is 589 g/mol. The van der Waals surface area contributed by atoms with Crippen LogP contribution in [0.4, 0.5) is 18.9 Å². The van der Waals surface area contributed by atoms with Gasteiger partial charge in [0.25, 0.3) is 0 Å². The van der Waals surface area contributed by atoms with E-state index in [1.54, 1.807) is 6.07 Å². The normalized spacial score (nSPS) is 13.5. The molecule has 0 radical (unpaired) electrons. The number of likely N-dealkylation sites (N-methyl/N-ethyl adjacent to an activating group) is 1. The number of alkyl halides is 3. The second kappa shape index (κ2) is 15.1. The second-order valence-corrected chi connectivity index (χ2v) is 10.8. The maximum Gasteiger partial charge on any atom is 0.416 e. The Morgan fingerprint density at radius 2 is 1.62 bits per heavy atom. The molecule has 0 aliphatic carbocycles. The van der Waals surface area contributed by atoms with Crippen molar-refractivity contribution in [3.63, 3.8) is 0 Å². The number of hydrogen-bond acceptors (Lipinski definition) is 6. The Labute approximate surface area is 244 Å². The van der Waals surface area contributed by atoms with Crippen LogP contribution >= 0.6 is 0 Å². The Hall–Kier alpha value is -3.58. The van der Waals surface area contributed by atoms with Crippen molar-refractivity contribution >= 4 is 28.4 Å². The van der Waals surface area contributed by atoms with Crippen LogP contribution in [0.25, 0.3) is 10.9 Å². The van der Waals surface area contributed by atoms with Gasteiger partial charge in [-0.2, -0.15) is 13.2 Å². The molecule has 0 aliphatic rings. The molecule has 0 saturated carbocycles. The molecule has 12 heteroatoms. The molecule has 3 aromatic rings. The van der Waals surface area contributed by atoms with Crippen molar-refractivity contribution in [3.05, 3.63) is 71.9 Å². The van der Waals surface area contributed by atoms with Crippen LogP contribution in [-0.2, 0) is 22.2 Å². The van der Waals surface area contributed by atoms with Gasteiger partial charge in [-0.1, -0.05) is 30.3 Å². The van der Waals surface area contributed by atoms with E-state index >= 15 is 0 Å². The third-order valence-electron chi connectivity index (χ3n) is 7.38. The van der Waals surface area contributed by atoms with Gasteiger partial charge in [-0.3, -0.25) is 14.6 Å². The number of benzene rings is 2. The summed E-state index contributed by atoms with van der Waals surface area (Å²) in [4.78, 5) is 30.7. The summed E-state index contributed by atoms with van der Waals surface area (Å²) in [6, 6.07) is 12.1. The summed E-state index contributed by atoms with van der Waals surface area (Å²) in [7, 11) is 2.06. The number of nitrogens with two attached hydrogens (primary N) is 3. The topological polar surface area (TPSA) is 149 Å². The van der Waals surface area contributed by atoms with E-state index in [1.165, 1.54) is 18.3 Å². The molecule has 0 bridgehead atoms. The van der Waals surface area contributed by atoms with E-state index in [2.05, 4.69) is 22.7 Å². The summed E-state index contributed by atoms with van der Waals surface area (Å²) in [5.41, 5.74) is 18.8. The highest BCUT2D eigenvalue weighted by atomic mass is 19.4. The number of halogens is 3. The number of rotatable bonds is 15. The minimum Gasteiger partial charge on any atom is -0.343 e. The number of fused-ring (bicyclic) bond motifs is 1. The number of aryl methyl sites for hydroxylation is 1. The molecule has 3 rings (SSSR count). The van der Waals surface area contributed by atoms with Crippen molar-refractivity contribution in [1.82, 2.24) is 10.3 Å². The van der Waals surface area contributed by atoms with Gasteiger partial charge in [0.1, 0.15) is 6.04 Å². The molecule has 0 fully saturated rings. The zero-order valence-electron chi connectivity index (χ0n) is 23.9. The van der Waals surface area contributed by atoms with Crippen LogP contribution in [0.3, 0.4) is 0 Å². The Morgan fingerprint density at radius 1 is 0.952 bits per heavy atom. The van der Waals surface area contributed by atoms with E-state index in [1.807, 2.05) is 24.3 Å². The van der Waals surface area contributed by atoms with Crippen molar-refractivity contribution in [2.45, 2.75) is 43.9 Å². The number of nitrogens with one attached hydrogen (secondary N) is 2. The van der Waals surface area contributed by atoms with Crippen molar-refractivity contribution in [3.8, 4) is 0 Å². The molecule has 1 heterocycles. The minimum absolute atomic E-state index is 0.151. The van der Waals surface area contributed by atoms with Gasteiger partial charge in [0, 0.05) is 18.5 Å². The summed E-state index contributed by atoms with van der Waals surface area (Å²) in [6.45, 7) is 3.31. The van der Waals surface area contributed by atoms with Crippen LogP contribution in [0.15, 0.2) is 60.8 Å². The summed E-state index contributed by atoms with van der Waals surface area (Å²) in [5, 5.41) is 6.39. The first kappa shape index (κ1) is 32.9. The van der Waals surface area contributed by atoms with Crippen molar-refractivity contribution < 1.29 is 27.2 Å². The molecular formula is C30H41F3N7O2+. The van der Waals surface area contributed by atoms with Crippen LogP contribution in [0.1, 0.15) is 30.4 Å². The lowest BCUT2D eigenvalue weighted by Gasteiger charge is -2.34. The Kier molecular flexibility index (Phi) is 11.8. The number of aromatic nitrogens is 1. The molecule has 8 N–H and O–H groups in total. The summed E-state index contributed by atoms with van der Waals surface area (Å²) >= 11 is 0. The maximum atomic E-state index is 13.3. The van der Waals surface area contributed by atoms with Crippen LogP contribution in [0.2, 0.25) is 0 Å². The molecule has 42 heavy (non-hydrogen) atoms. The van der Waals surface area contributed by atoms with Crippen LogP contribution in [-0.4, -0.2) is 73.1 Å². The minimum atomic E-state index is -4.44. The van der Waals surface area contributed by atoms with Gasteiger partial charge in [-0.25, -0.2) is 0 Å². The van der Waals surface area contributed by atoms with Crippen molar-refractivity contribution in [2.24, 2.45) is 17.2 Å². The molecule has 1 aromatic heterocycles. The number of anilines is 1. The molecule has 9 nitrogen and oxygen atoms in total. The van der Waals surface area contributed by atoms with E-state index in [4.69, 9.17) is 17.2 Å². The van der Waals surface area contributed by atoms with E-state index in [9.17, 15) is 22.8 Å². The predicted octanol–water partition coefficient (Wildman–Crippen LogP) is 2.78. The zero-order valence-corrected chi connectivity index (χ0v) is 23.9. The highest BCUT2D eigenvalue weighted by Gasteiger charge is 2.30. The van der Waals surface area contributed by atoms with E-state index in [0.717, 1.165) is 42.7 Å². The molecule has 2 amide bonds. The number of para-hydroxylation sites is 1. The average Bonchev–Trinajstić information content (AvgIpc) is 2.95. The Balaban J connectivity index is 1.68. The first-order chi connectivity index (χ1) is 19.9. The zero-order chi connectivity index (χ0) is 30.8. The van der Waals surface area contributed by atoms with Gasteiger partial charge in [0.05, 0.1) is 55.7 Å². The third kappa shape index (κ3) is 9.76. The SMILES string of the molecule is C[N+](CCN)(CCN)CCC[C@H](N)C(=O)N[C@H](CCc1ccc(C(F)(F)F)cc1)C(=O)Nc1cnc2ccccc2c1. The number of hydrogen-bond donors (Lipinski definition) is 5. The number of nitrogens with zero attached hydrogens (tertiary/aromatic N) is 2. The van der Waals surface area contributed by atoms with E-state index in [-0.39, 0.29) is 12.8 Å². The summed E-state index contributed by atoms with van der Waals surface area (Å²) in [6.07, 6.45) is -1.44. The molecule has 0 unspecified atom stereocenters. The fourth-order valence-electron chi connectivity index (χ4n) is 4.87. The Bertz CT molecular complexity index is 1310. The lowest BCUT2D eigenvalue weighted by atomic mass is 10.0. The number of amides is 2. The lowest BCUT2D eigenvalue weighted by Crippen LogP contribution is -2.52. The molecule has 0 aliphatic heterocycles. The van der Waals surface area contributed by atoms with Crippen molar-refractivity contribution in [1.29, 1.82) is 0 Å². The van der Waals surface area contributed by atoms with Gasteiger partial charge in [0.2, 0.25) is 11.8 Å². The number of quaternary nitrogens is 1. The van der Waals surface area contributed by atoms with E-state index in [0.29, 0.717) is 41.7 Å². The largest absolute Gasteiger partial charge is 0.416 e. The molecule has 228 valence electrons. The third-order valence-corrected chi connectivity index (χ3v) is 7.38. The second-order valence-electron chi connectivity index (χ2n) is 10.8.